The van der Waals surface area contributed by atoms with Crippen LogP contribution in [-0.4, -0.2) is 40.1 Å². The van der Waals surface area contributed by atoms with Gasteiger partial charge in [0, 0.05) is 37.2 Å². The second-order valence-electron chi connectivity index (χ2n) is 6.31. The number of aryl methyl sites for hydroxylation is 3. The van der Waals surface area contributed by atoms with Crippen LogP contribution in [0.5, 0.6) is 5.75 Å². The minimum atomic E-state index is 0.125. The Balaban J connectivity index is 1.51. The quantitative estimate of drug-likeness (QED) is 0.862. The normalized spacial score (nSPS) is 15.5. The molecule has 0 aliphatic carbocycles. The van der Waals surface area contributed by atoms with E-state index in [9.17, 15) is 4.79 Å². The summed E-state index contributed by atoms with van der Waals surface area (Å²) in [6, 6.07) is 3.88. The number of pyridine rings is 1. The predicted octanol–water partition coefficient (Wildman–Crippen LogP) is 2.61. The Kier molecular flexibility index (Phi) is 4.83. The molecule has 1 saturated heterocycles. The van der Waals surface area contributed by atoms with Crippen molar-refractivity contribution >= 4 is 5.91 Å². The molecule has 2 aromatic rings. The lowest BCUT2D eigenvalue weighted by Crippen LogP contribution is -2.42. The smallest absolute Gasteiger partial charge is 0.227 e. The molecule has 128 valence electrons. The molecule has 0 saturated carbocycles. The van der Waals surface area contributed by atoms with Crippen molar-refractivity contribution in [2.24, 2.45) is 0 Å². The second-order valence-corrected chi connectivity index (χ2v) is 6.31. The highest BCUT2D eigenvalue weighted by Gasteiger charge is 2.25. The zero-order valence-corrected chi connectivity index (χ0v) is 14.4. The number of carbonyl (C=O) groups excluding carboxylic acids is 1. The number of nitrogens with zero attached hydrogens (tertiary/aromatic N) is 3. The average molecular weight is 329 g/mol. The predicted molar refractivity (Wildman–Crippen MR) is 88.9 cm³/mol. The first kappa shape index (κ1) is 16.5. The highest BCUT2D eigenvalue weighted by atomic mass is 16.5. The zero-order chi connectivity index (χ0) is 17.1. The summed E-state index contributed by atoms with van der Waals surface area (Å²) in [7, 11) is 0. The van der Waals surface area contributed by atoms with Gasteiger partial charge < -0.3 is 14.2 Å². The highest BCUT2D eigenvalue weighted by molar-refractivity contribution is 5.79. The second kappa shape index (κ2) is 7.03. The van der Waals surface area contributed by atoms with Crippen LogP contribution in [0.3, 0.4) is 0 Å². The Bertz CT molecular complexity index is 681. The summed E-state index contributed by atoms with van der Waals surface area (Å²) in [5.74, 6) is 1.65. The number of piperidine rings is 1. The third-order valence-corrected chi connectivity index (χ3v) is 4.49. The van der Waals surface area contributed by atoms with Crippen LogP contribution in [0.2, 0.25) is 0 Å². The fraction of sp³-hybridized carbons (Fsp3) is 0.500. The lowest BCUT2D eigenvalue weighted by atomic mass is 10.1. The van der Waals surface area contributed by atoms with Crippen molar-refractivity contribution in [3.8, 4) is 5.75 Å². The van der Waals surface area contributed by atoms with Crippen molar-refractivity contribution in [2.45, 2.75) is 46.1 Å². The van der Waals surface area contributed by atoms with Gasteiger partial charge in [-0.3, -0.25) is 9.78 Å². The van der Waals surface area contributed by atoms with Gasteiger partial charge in [-0.25, -0.2) is 0 Å². The van der Waals surface area contributed by atoms with E-state index in [1.54, 1.807) is 6.20 Å². The summed E-state index contributed by atoms with van der Waals surface area (Å²) >= 11 is 0. The molecule has 0 aromatic carbocycles. The topological polar surface area (TPSA) is 68.5 Å². The van der Waals surface area contributed by atoms with E-state index in [1.807, 2.05) is 37.8 Å². The zero-order valence-electron chi connectivity index (χ0n) is 14.4. The van der Waals surface area contributed by atoms with Crippen LogP contribution in [0, 0.1) is 20.8 Å². The first-order valence-corrected chi connectivity index (χ1v) is 8.32. The van der Waals surface area contributed by atoms with Crippen molar-refractivity contribution in [3.05, 3.63) is 41.0 Å². The third-order valence-electron chi connectivity index (χ3n) is 4.49. The number of ether oxygens (including phenoxy) is 1. The van der Waals surface area contributed by atoms with Gasteiger partial charge in [0.05, 0.1) is 18.3 Å². The van der Waals surface area contributed by atoms with Gasteiger partial charge in [-0.1, -0.05) is 5.16 Å². The summed E-state index contributed by atoms with van der Waals surface area (Å²) in [5.41, 5.74) is 2.68. The lowest BCUT2D eigenvalue weighted by Gasteiger charge is -2.32. The van der Waals surface area contributed by atoms with Gasteiger partial charge in [-0.05, 0) is 32.9 Å². The number of hydrogen-bond donors (Lipinski definition) is 0. The summed E-state index contributed by atoms with van der Waals surface area (Å²) in [6.45, 7) is 7.10. The summed E-state index contributed by atoms with van der Waals surface area (Å²) < 4.78 is 11.1. The molecule has 1 fully saturated rings. The SMILES string of the molecule is Cc1ccc(OC2CCN(C(=O)Cc3c(C)noc3C)CC2)cn1. The van der Waals surface area contributed by atoms with Crippen molar-refractivity contribution in [3.63, 3.8) is 0 Å². The number of likely N-dealkylation sites (tertiary alicyclic amines) is 1. The van der Waals surface area contributed by atoms with Gasteiger partial charge in [0.2, 0.25) is 5.91 Å². The van der Waals surface area contributed by atoms with E-state index >= 15 is 0 Å². The maximum absolute atomic E-state index is 12.5. The van der Waals surface area contributed by atoms with Gasteiger partial charge in [-0.15, -0.1) is 0 Å². The minimum Gasteiger partial charge on any atom is -0.489 e. The fourth-order valence-electron chi connectivity index (χ4n) is 2.96. The van der Waals surface area contributed by atoms with E-state index in [4.69, 9.17) is 9.26 Å². The molecule has 0 N–H and O–H groups in total. The number of aromatic nitrogens is 2. The Morgan fingerprint density at radius 2 is 2.04 bits per heavy atom. The molecule has 6 heteroatoms. The molecule has 3 heterocycles. The van der Waals surface area contributed by atoms with Crippen LogP contribution in [0.25, 0.3) is 0 Å². The molecule has 0 radical (unpaired) electrons. The fourth-order valence-corrected chi connectivity index (χ4v) is 2.96. The molecule has 0 spiro atoms. The third kappa shape index (κ3) is 3.75. The van der Waals surface area contributed by atoms with Gasteiger partial charge in [0.15, 0.2) is 0 Å². The first-order chi connectivity index (χ1) is 11.5. The molecule has 24 heavy (non-hydrogen) atoms. The first-order valence-electron chi connectivity index (χ1n) is 8.32. The van der Waals surface area contributed by atoms with Crippen molar-refractivity contribution in [1.82, 2.24) is 15.0 Å². The summed E-state index contributed by atoms with van der Waals surface area (Å²) in [4.78, 5) is 18.6. The van der Waals surface area contributed by atoms with Crippen LogP contribution in [0.15, 0.2) is 22.9 Å². The van der Waals surface area contributed by atoms with Crippen molar-refractivity contribution in [2.75, 3.05) is 13.1 Å². The largest absolute Gasteiger partial charge is 0.489 e. The maximum Gasteiger partial charge on any atom is 0.227 e. The average Bonchev–Trinajstić information content (AvgIpc) is 2.89. The van der Waals surface area contributed by atoms with E-state index in [1.165, 1.54) is 0 Å². The lowest BCUT2D eigenvalue weighted by molar-refractivity contribution is -0.132. The maximum atomic E-state index is 12.5. The molecule has 2 aromatic heterocycles. The standard InChI is InChI=1S/C18H23N3O3/c1-12-4-5-16(11-19-12)23-15-6-8-21(9-7-15)18(22)10-17-13(2)20-24-14(17)3/h4-5,11,15H,6-10H2,1-3H3. The van der Waals surface area contributed by atoms with Crippen LogP contribution >= 0.6 is 0 Å². The van der Waals surface area contributed by atoms with E-state index < -0.39 is 0 Å². The van der Waals surface area contributed by atoms with E-state index in [2.05, 4.69) is 10.1 Å². The molecular weight excluding hydrogens is 306 g/mol. The minimum absolute atomic E-state index is 0.125. The van der Waals surface area contributed by atoms with Gasteiger partial charge in [-0.2, -0.15) is 0 Å². The Labute approximate surface area is 141 Å². The van der Waals surface area contributed by atoms with Crippen molar-refractivity contribution < 1.29 is 14.1 Å². The van der Waals surface area contributed by atoms with E-state index in [0.717, 1.165) is 41.3 Å². The molecule has 0 bridgehead atoms. The number of amides is 1. The molecule has 0 atom stereocenters. The number of rotatable bonds is 4. The highest BCUT2D eigenvalue weighted by Crippen LogP contribution is 2.20. The number of hydrogen-bond acceptors (Lipinski definition) is 5. The van der Waals surface area contributed by atoms with Crippen molar-refractivity contribution in [1.29, 1.82) is 0 Å². The van der Waals surface area contributed by atoms with Gasteiger partial charge in [0.25, 0.3) is 0 Å². The molecule has 1 aliphatic heterocycles. The van der Waals surface area contributed by atoms with Crippen LogP contribution in [0.1, 0.15) is 35.6 Å². The van der Waals surface area contributed by atoms with Crippen LogP contribution in [-0.2, 0) is 11.2 Å². The monoisotopic (exact) mass is 329 g/mol. The van der Waals surface area contributed by atoms with E-state index in [0.29, 0.717) is 19.5 Å². The Morgan fingerprint density at radius 3 is 2.62 bits per heavy atom. The van der Waals surface area contributed by atoms with Crippen LogP contribution < -0.4 is 4.74 Å². The van der Waals surface area contributed by atoms with Gasteiger partial charge >= 0.3 is 0 Å². The molecule has 6 nitrogen and oxygen atoms in total. The molecule has 1 aliphatic rings. The molecular formula is C18H23N3O3. The summed E-state index contributed by atoms with van der Waals surface area (Å²) in [6.07, 6.45) is 3.92. The molecule has 1 amide bonds. The Hall–Kier alpha value is -2.37. The Morgan fingerprint density at radius 1 is 1.29 bits per heavy atom. The van der Waals surface area contributed by atoms with E-state index in [-0.39, 0.29) is 12.0 Å². The molecule has 0 unspecified atom stereocenters. The van der Waals surface area contributed by atoms with Gasteiger partial charge in [0.1, 0.15) is 17.6 Å². The summed E-state index contributed by atoms with van der Waals surface area (Å²) in [5, 5.41) is 3.91. The van der Waals surface area contributed by atoms with Crippen LogP contribution in [0.4, 0.5) is 0 Å². The molecule has 3 rings (SSSR count). The number of carbonyl (C=O) groups is 1.